The molecule has 2 heterocycles. The van der Waals surface area contributed by atoms with Crippen molar-refractivity contribution in [1.82, 2.24) is 20.3 Å². The average molecular weight is 235 g/mol. The highest BCUT2D eigenvalue weighted by atomic mass is 16.5. The van der Waals surface area contributed by atoms with Crippen LogP contribution in [0.25, 0.3) is 11.2 Å². The van der Waals surface area contributed by atoms with Gasteiger partial charge in [-0.05, 0) is 12.1 Å². The van der Waals surface area contributed by atoms with E-state index in [4.69, 9.17) is 4.74 Å². The Kier molecular flexibility index (Phi) is 3.89. The fourth-order valence-corrected chi connectivity index (χ4v) is 1.55. The molecule has 0 amide bonds. The van der Waals surface area contributed by atoms with E-state index in [0.29, 0.717) is 13.2 Å². The van der Waals surface area contributed by atoms with E-state index in [1.165, 1.54) is 0 Å². The number of anilines is 1. The number of H-pyrrole nitrogens is 1. The lowest BCUT2D eigenvalue weighted by Gasteiger charge is -1.99. The van der Waals surface area contributed by atoms with Gasteiger partial charge in [-0.1, -0.05) is 0 Å². The summed E-state index contributed by atoms with van der Waals surface area (Å²) in [6.45, 7) is 2.19. The molecule has 6 heteroatoms. The third-order valence-electron chi connectivity index (χ3n) is 2.43. The Morgan fingerprint density at radius 3 is 3.00 bits per heavy atom. The topological polar surface area (TPSA) is 74.9 Å². The maximum atomic E-state index is 4.96. The van der Waals surface area contributed by atoms with E-state index in [1.54, 1.807) is 7.11 Å². The molecule has 6 nitrogen and oxygen atoms in total. The van der Waals surface area contributed by atoms with Gasteiger partial charge in [0.1, 0.15) is 11.6 Å². The van der Waals surface area contributed by atoms with Gasteiger partial charge in [0.2, 0.25) is 0 Å². The van der Waals surface area contributed by atoms with Crippen LogP contribution in [0, 0.1) is 0 Å². The van der Waals surface area contributed by atoms with Gasteiger partial charge in [-0.15, -0.1) is 0 Å². The Morgan fingerprint density at radius 2 is 2.24 bits per heavy atom. The Morgan fingerprint density at radius 1 is 1.35 bits per heavy atom. The highest BCUT2D eigenvalue weighted by Crippen LogP contribution is 2.12. The minimum Gasteiger partial charge on any atom is -0.383 e. The summed E-state index contributed by atoms with van der Waals surface area (Å²) in [5.74, 6) is 1.71. The van der Waals surface area contributed by atoms with Crippen LogP contribution >= 0.6 is 0 Å². The lowest BCUT2D eigenvalue weighted by Crippen LogP contribution is -2.19. The van der Waals surface area contributed by atoms with E-state index in [-0.39, 0.29) is 0 Å². The minimum absolute atomic E-state index is 0.689. The zero-order chi connectivity index (χ0) is 12.1. The number of nitrogens with zero attached hydrogens (tertiary/aromatic N) is 2. The number of ether oxygens (including phenoxy) is 1. The van der Waals surface area contributed by atoms with Crippen molar-refractivity contribution < 1.29 is 4.74 Å². The Bertz CT molecular complexity index is 482. The molecule has 0 radical (unpaired) electrons. The largest absolute Gasteiger partial charge is 0.383 e. The van der Waals surface area contributed by atoms with Crippen LogP contribution in [0.1, 0.15) is 5.82 Å². The first-order valence-corrected chi connectivity index (χ1v) is 5.56. The molecule has 2 aromatic heterocycles. The van der Waals surface area contributed by atoms with Gasteiger partial charge in [0.15, 0.2) is 5.65 Å². The van der Waals surface area contributed by atoms with Gasteiger partial charge in [-0.3, -0.25) is 0 Å². The summed E-state index contributed by atoms with van der Waals surface area (Å²) >= 11 is 0. The van der Waals surface area contributed by atoms with Crippen LogP contribution in [-0.2, 0) is 11.3 Å². The fraction of sp³-hybridized carbons (Fsp3) is 0.455. The molecule has 0 spiro atoms. The highest BCUT2D eigenvalue weighted by Gasteiger charge is 2.04. The molecule has 0 aromatic carbocycles. The fourth-order valence-electron chi connectivity index (χ4n) is 1.55. The van der Waals surface area contributed by atoms with Crippen molar-refractivity contribution in [3.63, 3.8) is 0 Å². The van der Waals surface area contributed by atoms with Crippen LogP contribution in [0.4, 0.5) is 5.82 Å². The molecule has 0 unspecified atom stereocenters. The zero-order valence-electron chi connectivity index (χ0n) is 10.1. The summed E-state index contributed by atoms with van der Waals surface area (Å²) in [5.41, 5.74) is 1.69. The summed E-state index contributed by atoms with van der Waals surface area (Å²) in [6.07, 6.45) is 0. The second-order valence-electron chi connectivity index (χ2n) is 3.67. The van der Waals surface area contributed by atoms with E-state index in [0.717, 1.165) is 29.4 Å². The zero-order valence-corrected chi connectivity index (χ0v) is 10.1. The maximum Gasteiger partial charge on any atom is 0.179 e. The molecule has 0 saturated carbocycles. The number of hydrogen-bond acceptors (Lipinski definition) is 5. The molecule has 0 fully saturated rings. The predicted octanol–water partition coefficient (Wildman–Crippen LogP) is 0.736. The van der Waals surface area contributed by atoms with Gasteiger partial charge in [-0.2, -0.15) is 0 Å². The summed E-state index contributed by atoms with van der Waals surface area (Å²) < 4.78 is 4.96. The SMILES string of the molecule is CNc1ccc2[nH]c(CNCCOC)nc2n1. The van der Waals surface area contributed by atoms with Crippen molar-refractivity contribution in [2.75, 3.05) is 32.6 Å². The molecule has 2 aromatic rings. The van der Waals surface area contributed by atoms with E-state index < -0.39 is 0 Å². The van der Waals surface area contributed by atoms with E-state index in [1.807, 2.05) is 19.2 Å². The second kappa shape index (κ2) is 5.60. The first-order valence-electron chi connectivity index (χ1n) is 5.56. The smallest absolute Gasteiger partial charge is 0.179 e. The van der Waals surface area contributed by atoms with Crippen LogP contribution in [-0.4, -0.2) is 42.3 Å². The van der Waals surface area contributed by atoms with Crippen LogP contribution in [0.5, 0.6) is 0 Å². The maximum absolute atomic E-state index is 4.96. The Balaban J connectivity index is 2.04. The lowest BCUT2D eigenvalue weighted by molar-refractivity contribution is 0.199. The van der Waals surface area contributed by atoms with Crippen molar-refractivity contribution in [1.29, 1.82) is 0 Å². The van der Waals surface area contributed by atoms with Gasteiger partial charge in [0, 0.05) is 20.7 Å². The number of hydrogen-bond donors (Lipinski definition) is 3. The molecule has 0 aliphatic rings. The number of aromatic amines is 1. The Hall–Kier alpha value is -1.66. The van der Waals surface area contributed by atoms with Crippen molar-refractivity contribution in [3.8, 4) is 0 Å². The monoisotopic (exact) mass is 235 g/mol. The van der Waals surface area contributed by atoms with Gasteiger partial charge < -0.3 is 20.4 Å². The number of nitrogens with one attached hydrogen (secondary N) is 3. The molecule has 0 saturated heterocycles. The number of fused-ring (bicyclic) bond motifs is 1. The normalized spacial score (nSPS) is 10.9. The Labute approximate surface area is 99.8 Å². The molecule has 0 aliphatic heterocycles. The average Bonchev–Trinajstić information content (AvgIpc) is 2.76. The molecule has 0 bridgehead atoms. The first kappa shape index (κ1) is 11.8. The van der Waals surface area contributed by atoms with Gasteiger partial charge in [0.25, 0.3) is 0 Å². The van der Waals surface area contributed by atoms with Crippen LogP contribution in [0.2, 0.25) is 0 Å². The van der Waals surface area contributed by atoms with E-state index >= 15 is 0 Å². The first-order chi connectivity index (χ1) is 8.33. The number of rotatable bonds is 6. The van der Waals surface area contributed by atoms with Crippen molar-refractivity contribution in [2.24, 2.45) is 0 Å². The predicted molar refractivity (Wildman–Crippen MR) is 67.0 cm³/mol. The summed E-state index contributed by atoms with van der Waals surface area (Å²) in [5, 5.41) is 6.22. The molecule has 0 aliphatic carbocycles. The quantitative estimate of drug-likeness (QED) is 0.644. The van der Waals surface area contributed by atoms with Crippen molar-refractivity contribution in [2.45, 2.75) is 6.54 Å². The highest BCUT2D eigenvalue weighted by molar-refractivity contribution is 5.72. The number of imidazole rings is 1. The lowest BCUT2D eigenvalue weighted by atomic mass is 10.4. The minimum atomic E-state index is 0.689. The summed E-state index contributed by atoms with van der Waals surface area (Å²) in [4.78, 5) is 12.0. The second-order valence-corrected chi connectivity index (χ2v) is 3.67. The third kappa shape index (κ3) is 2.92. The molecule has 3 N–H and O–H groups in total. The number of aromatic nitrogens is 3. The van der Waals surface area contributed by atoms with Gasteiger partial charge in [-0.25, -0.2) is 9.97 Å². The van der Waals surface area contributed by atoms with Crippen LogP contribution in [0.3, 0.4) is 0 Å². The summed E-state index contributed by atoms with van der Waals surface area (Å²) in [6, 6.07) is 3.89. The molecular formula is C11H17N5O. The standard InChI is InChI=1S/C11H17N5O/c1-12-9-4-3-8-11(15-9)16-10(14-8)7-13-5-6-17-2/h3-4,13H,5-7H2,1-2H3,(H2,12,14,15,16). The van der Waals surface area contributed by atoms with Gasteiger partial charge in [0.05, 0.1) is 18.7 Å². The van der Waals surface area contributed by atoms with Crippen molar-refractivity contribution >= 4 is 17.0 Å². The van der Waals surface area contributed by atoms with E-state index in [9.17, 15) is 0 Å². The van der Waals surface area contributed by atoms with Crippen molar-refractivity contribution in [3.05, 3.63) is 18.0 Å². The van der Waals surface area contributed by atoms with Crippen LogP contribution in [0.15, 0.2) is 12.1 Å². The molecule has 92 valence electrons. The molecular weight excluding hydrogens is 218 g/mol. The third-order valence-corrected chi connectivity index (χ3v) is 2.43. The molecule has 0 atom stereocenters. The number of pyridine rings is 1. The number of methoxy groups -OCH3 is 1. The van der Waals surface area contributed by atoms with Gasteiger partial charge >= 0.3 is 0 Å². The molecule has 17 heavy (non-hydrogen) atoms. The summed E-state index contributed by atoms with van der Waals surface area (Å²) in [7, 11) is 3.53. The van der Waals surface area contributed by atoms with Crippen LogP contribution < -0.4 is 10.6 Å². The van der Waals surface area contributed by atoms with E-state index in [2.05, 4.69) is 25.6 Å². The molecule has 2 rings (SSSR count).